The zero-order valence-electron chi connectivity index (χ0n) is 10.4. The van der Waals surface area contributed by atoms with Gasteiger partial charge in [-0.3, -0.25) is 5.32 Å². The average Bonchev–Trinajstić information content (AvgIpc) is 2.84. The smallest absolute Gasteiger partial charge is 0.413 e. The Bertz CT molecular complexity index is 402. The summed E-state index contributed by atoms with van der Waals surface area (Å²) in [5, 5.41) is 6.33. The lowest BCUT2D eigenvalue weighted by Crippen LogP contribution is -2.27. The normalized spacial score (nSPS) is 15.7. The Morgan fingerprint density at radius 3 is 2.88 bits per heavy atom. The molecule has 1 aliphatic carbocycles. The van der Waals surface area contributed by atoms with E-state index in [4.69, 9.17) is 9.26 Å². The summed E-state index contributed by atoms with van der Waals surface area (Å²) in [6.07, 6.45) is 2.91. The predicted molar refractivity (Wildman–Crippen MR) is 62.8 cm³/mol. The third kappa shape index (κ3) is 4.09. The van der Waals surface area contributed by atoms with Gasteiger partial charge in [0.05, 0.1) is 0 Å². The van der Waals surface area contributed by atoms with E-state index in [1.54, 1.807) is 6.07 Å². The van der Waals surface area contributed by atoms with Crippen molar-refractivity contribution in [1.29, 1.82) is 0 Å². The predicted octanol–water partition coefficient (Wildman–Crippen LogP) is 2.97. The fraction of sp³-hybridized carbons (Fsp3) is 0.667. The van der Waals surface area contributed by atoms with Crippen molar-refractivity contribution < 1.29 is 14.1 Å². The van der Waals surface area contributed by atoms with Crippen LogP contribution in [0.3, 0.4) is 0 Å². The van der Waals surface area contributed by atoms with E-state index >= 15 is 0 Å². The molecule has 1 amide bonds. The highest BCUT2D eigenvalue weighted by atomic mass is 16.6. The maximum absolute atomic E-state index is 11.5. The van der Waals surface area contributed by atoms with Crippen LogP contribution in [0.2, 0.25) is 0 Å². The second kappa shape index (κ2) is 4.39. The van der Waals surface area contributed by atoms with E-state index in [-0.39, 0.29) is 0 Å². The first-order valence-corrected chi connectivity index (χ1v) is 5.88. The number of aromatic nitrogens is 1. The maximum Gasteiger partial charge on any atom is 0.413 e. The second-order valence-corrected chi connectivity index (χ2v) is 5.45. The van der Waals surface area contributed by atoms with Gasteiger partial charge in [-0.1, -0.05) is 5.16 Å². The molecule has 1 aromatic rings. The van der Waals surface area contributed by atoms with Gasteiger partial charge in [0.1, 0.15) is 11.4 Å². The molecular weight excluding hydrogens is 220 g/mol. The Morgan fingerprint density at radius 1 is 1.59 bits per heavy atom. The van der Waals surface area contributed by atoms with Crippen molar-refractivity contribution in [2.75, 3.05) is 5.32 Å². The van der Waals surface area contributed by atoms with Gasteiger partial charge in [-0.05, 0) is 39.5 Å². The van der Waals surface area contributed by atoms with Gasteiger partial charge in [0, 0.05) is 12.5 Å². The summed E-state index contributed by atoms with van der Waals surface area (Å²) in [5.74, 6) is 1.96. The van der Waals surface area contributed by atoms with Crippen molar-refractivity contribution in [1.82, 2.24) is 5.16 Å². The molecule has 0 aromatic carbocycles. The van der Waals surface area contributed by atoms with E-state index < -0.39 is 11.7 Å². The molecule has 5 nitrogen and oxygen atoms in total. The van der Waals surface area contributed by atoms with Crippen molar-refractivity contribution in [3.05, 3.63) is 11.8 Å². The molecule has 17 heavy (non-hydrogen) atoms. The molecule has 0 bridgehead atoms. The highest BCUT2D eigenvalue weighted by molar-refractivity contribution is 5.83. The molecule has 0 spiro atoms. The number of hydrogen-bond acceptors (Lipinski definition) is 4. The minimum Gasteiger partial charge on any atom is -0.444 e. The van der Waals surface area contributed by atoms with Crippen molar-refractivity contribution >= 4 is 11.9 Å². The second-order valence-electron chi connectivity index (χ2n) is 5.45. The fourth-order valence-electron chi connectivity index (χ4n) is 1.48. The van der Waals surface area contributed by atoms with Gasteiger partial charge < -0.3 is 9.26 Å². The number of rotatable bonds is 3. The third-order valence-corrected chi connectivity index (χ3v) is 2.37. The lowest BCUT2D eigenvalue weighted by atomic mass is 10.2. The van der Waals surface area contributed by atoms with Crippen LogP contribution in [0.1, 0.15) is 39.4 Å². The van der Waals surface area contributed by atoms with Crippen LogP contribution in [0.5, 0.6) is 0 Å². The number of nitrogens with one attached hydrogen (secondary N) is 1. The standard InChI is InChI=1S/C12H18N2O3/c1-12(2,3)16-11(15)13-10-7-9(17-14-10)6-8-4-5-8/h7-8H,4-6H2,1-3H3,(H,13,14,15). The zero-order valence-corrected chi connectivity index (χ0v) is 10.4. The van der Waals surface area contributed by atoms with Crippen molar-refractivity contribution in [3.8, 4) is 0 Å². The molecular formula is C12H18N2O3. The van der Waals surface area contributed by atoms with Crippen LogP contribution in [0.15, 0.2) is 10.6 Å². The first-order valence-electron chi connectivity index (χ1n) is 5.88. The van der Waals surface area contributed by atoms with Crippen molar-refractivity contribution in [2.24, 2.45) is 5.92 Å². The molecule has 0 atom stereocenters. The summed E-state index contributed by atoms with van der Waals surface area (Å²) in [4.78, 5) is 11.5. The van der Waals surface area contributed by atoms with Gasteiger partial charge in [-0.25, -0.2) is 4.79 Å². The Labute approximate surface area is 101 Å². The summed E-state index contributed by atoms with van der Waals surface area (Å²) >= 11 is 0. The Balaban J connectivity index is 1.85. The third-order valence-electron chi connectivity index (χ3n) is 2.37. The van der Waals surface area contributed by atoms with Gasteiger partial charge >= 0.3 is 6.09 Å². The minimum atomic E-state index is -0.510. The fourth-order valence-corrected chi connectivity index (χ4v) is 1.48. The largest absolute Gasteiger partial charge is 0.444 e. The van der Waals surface area contributed by atoms with E-state index in [0.29, 0.717) is 5.82 Å². The van der Waals surface area contributed by atoms with Crippen LogP contribution in [-0.4, -0.2) is 16.9 Å². The molecule has 94 valence electrons. The van der Waals surface area contributed by atoms with Gasteiger partial charge in [-0.2, -0.15) is 0 Å². The van der Waals surface area contributed by atoms with E-state index in [9.17, 15) is 4.79 Å². The molecule has 0 radical (unpaired) electrons. The molecule has 1 aliphatic rings. The van der Waals surface area contributed by atoms with E-state index in [0.717, 1.165) is 18.1 Å². The molecule has 1 saturated carbocycles. The number of ether oxygens (including phenoxy) is 1. The average molecular weight is 238 g/mol. The van der Waals surface area contributed by atoms with Crippen molar-refractivity contribution in [3.63, 3.8) is 0 Å². The summed E-state index contributed by atoms with van der Waals surface area (Å²) in [6.45, 7) is 5.44. The molecule has 1 fully saturated rings. The van der Waals surface area contributed by atoms with Crippen LogP contribution in [0.4, 0.5) is 10.6 Å². The SMILES string of the molecule is CC(C)(C)OC(=O)Nc1cc(CC2CC2)on1. The molecule has 0 saturated heterocycles. The number of hydrogen-bond donors (Lipinski definition) is 1. The first-order chi connectivity index (χ1) is 7.92. The number of anilines is 1. The van der Waals surface area contributed by atoms with Crippen molar-refractivity contribution in [2.45, 2.75) is 45.6 Å². The molecule has 1 heterocycles. The van der Waals surface area contributed by atoms with Crippen LogP contribution >= 0.6 is 0 Å². The lowest BCUT2D eigenvalue weighted by Gasteiger charge is -2.18. The Hall–Kier alpha value is -1.52. The lowest BCUT2D eigenvalue weighted by molar-refractivity contribution is 0.0634. The molecule has 0 aliphatic heterocycles. The highest BCUT2D eigenvalue weighted by Gasteiger charge is 2.24. The van der Waals surface area contributed by atoms with E-state index in [1.165, 1.54) is 12.8 Å². The highest BCUT2D eigenvalue weighted by Crippen LogP contribution is 2.33. The van der Waals surface area contributed by atoms with Crippen LogP contribution in [-0.2, 0) is 11.2 Å². The summed E-state index contributed by atoms with van der Waals surface area (Å²) in [6, 6.07) is 1.75. The van der Waals surface area contributed by atoms with Gasteiger partial charge in [-0.15, -0.1) is 0 Å². The number of amides is 1. The Kier molecular flexibility index (Phi) is 3.09. The van der Waals surface area contributed by atoms with Crippen LogP contribution in [0, 0.1) is 5.92 Å². The molecule has 1 aromatic heterocycles. The Morgan fingerprint density at radius 2 is 2.29 bits per heavy atom. The minimum absolute atomic E-state index is 0.412. The number of carbonyl (C=O) groups is 1. The summed E-state index contributed by atoms with van der Waals surface area (Å²) in [5.41, 5.74) is -0.509. The zero-order chi connectivity index (χ0) is 12.5. The van der Waals surface area contributed by atoms with Gasteiger partial charge in [0.2, 0.25) is 0 Å². The van der Waals surface area contributed by atoms with Gasteiger partial charge in [0.15, 0.2) is 5.82 Å². The van der Waals surface area contributed by atoms with Crippen LogP contribution in [0.25, 0.3) is 0 Å². The molecule has 0 unspecified atom stereocenters. The quantitative estimate of drug-likeness (QED) is 0.879. The van der Waals surface area contributed by atoms with E-state index in [2.05, 4.69) is 10.5 Å². The summed E-state index contributed by atoms with van der Waals surface area (Å²) < 4.78 is 10.2. The molecule has 2 rings (SSSR count). The molecule has 5 heteroatoms. The van der Waals surface area contributed by atoms with Gasteiger partial charge in [0.25, 0.3) is 0 Å². The van der Waals surface area contributed by atoms with Crippen LogP contribution < -0.4 is 5.32 Å². The first kappa shape index (κ1) is 12.0. The number of carbonyl (C=O) groups excluding carboxylic acids is 1. The monoisotopic (exact) mass is 238 g/mol. The maximum atomic E-state index is 11.5. The topological polar surface area (TPSA) is 64.4 Å². The molecule has 1 N–H and O–H groups in total. The summed E-state index contributed by atoms with van der Waals surface area (Å²) in [7, 11) is 0. The number of nitrogens with zero attached hydrogens (tertiary/aromatic N) is 1. The van der Waals surface area contributed by atoms with E-state index in [1.807, 2.05) is 20.8 Å².